The van der Waals surface area contributed by atoms with E-state index in [1.54, 1.807) is 24.3 Å². The van der Waals surface area contributed by atoms with Crippen LogP contribution in [0.3, 0.4) is 0 Å². The molecular weight excluding hydrogens is 402 g/mol. The Hall–Kier alpha value is -2.97. The highest BCUT2D eigenvalue weighted by molar-refractivity contribution is 7.71. The van der Waals surface area contributed by atoms with Gasteiger partial charge in [-0.15, -0.1) is 0 Å². The quantitative estimate of drug-likeness (QED) is 0.492. The molecule has 3 rings (SSSR count). The van der Waals surface area contributed by atoms with Gasteiger partial charge in [0.1, 0.15) is 6.54 Å². The zero-order valence-electron chi connectivity index (χ0n) is 14.8. The summed E-state index contributed by atoms with van der Waals surface area (Å²) in [6.07, 6.45) is 0. The molecule has 2 N–H and O–H groups in total. The van der Waals surface area contributed by atoms with Crippen LogP contribution in [0, 0.1) is 4.77 Å². The summed E-state index contributed by atoms with van der Waals surface area (Å²) in [5.41, 5.74) is 1.15. The molecule has 0 aliphatic heterocycles. The van der Waals surface area contributed by atoms with Crippen molar-refractivity contribution in [2.75, 3.05) is 7.11 Å². The van der Waals surface area contributed by atoms with E-state index in [9.17, 15) is 14.4 Å². The molecule has 0 atom stereocenters. The van der Waals surface area contributed by atoms with E-state index >= 15 is 0 Å². The van der Waals surface area contributed by atoms with Gasteiger partial charge in [0.25, 0.3) is 5.56 Å². The number of fused-ring (bicyclic) bond motifs is 1. The molecule has 1 amide bonds. The molecule has 7 nitrogen and oxygen atoms in total. The van der Waals surface area contributed by atoms with E-state index in [4.69, 9.17) is 23.8 Å². The number of hydrogen-bond donors (Lipinski definition) is 2. The molecule has 0 bridgehead atoms. The minimum absolute atomic E-state index is 0.0844. The van der Waals surface area contributed by atoms with Crippen molar-refractivity contribution in [2.24, 2.45) is 0 Å². The van der Waals surface area contributed by atoms with Crippen LogP contribution in [0.2, 0.25) is 5.02 Å². The van der Waals surface area contributed by atoms with Gasteiger partial charge in [-0.2, -0.15) is 0 Å². The standard InChI is InChI=1S/C19H16ClN3O4S/c1-27-18(26)12-4-7-14-15(8-12)22-19(28)23(17(14)25)10-16(24)21-9-11-2-5-13(20)6-3-11/h2-8H,9-10H2,1H3,(H,21,24)(H,22,28). The van der Waals surface area contributed by atoms with E-state index in [0.29, 0.717) is 28.0 Å². The number of nitrogens with zero attached hydrogens (tertiary/aromatic N) is 1. The lowest BCUT2D eigenvalue weighted by atomic mass is 10.1. The summed E-state index contributed by atoms with van der Waals surface area (Å²) in [5.74, 6) is -0.881. The summed E-state index contributed by atoms with van der Waals surface area (Å²) in [6.45, 7) is 0.0771. The fourth-order valence-corrected chi connectivity index (χ4v) is 3.03. The molecule has 0 saturated heterocycles. The van der Waals surface area contributed by atoms with Crippen LogP contribution in [0.25, 0.3) is 10.9 Å². The lowest BCUT2D eigenvalue weighted by molar-refractivity contribution is -0.121. The first-order chi connectivity index (χ1) is 13.4. The second kappa shape index (κ2) is 8.37. The summed E-state index contributed by atoms with van der Waals surface area (Å²) in [4.78, 5) is 39.5. The number of ether oxygens (including phenoxy) is 1. The monoisotopic (exact) mass is 417 g/mol. The number of hydrogen-bond acceptors (Lipinski definition) is 5. The van der Waals surface area contributed by atoms with Crippen molar-refractivity contribution in [2.45, 2.75) is 13.1 Å². The third-order valence-corrected chi connectivity index (χ3v) is 4.68. The first-order valence-corrected chi connectivity index (χ1v) is 9.04. The van der Waals surface area contributed by atoms with Crippen molar-refractivity contribution in [1.29, 1.82) is 0 Å². The number of H-pyrrole nitrogens is 1. The van der Waals surface area contributed by atoms with E-state index in [2.05, 4.69) is 15.0 Å². The maximum atomic E-state index is 12.7. The lowest BCUT2D eigenvalue weighted by Gasteiger charge is -2.10. The minimum Gasteiger partial charge on any atom is -0.465 e. The number of carbonyl (C=O) groups is 2. The Bertz CT molecular complexity index is 1170. The molecule has 1 heterocycles. The van der Waals surface area contributed by atoms with Crippen molar-refractivity contribution in [3.05, 3.63) is 73.7 Å². The van der Waals surface area contributed by atoms with Gasteiger partial charge < -0.3 is 15.0 Å². The molecule has 28 heavy (non-hydrogen) atoms. The Balaban J connectivity index is 1.81. The van der Waals surface area contributed by atoms with Crippen LogP contribution in [-0.4, -0.2) is 28.5 Å². The van der Waals surface area contributed by atoms with Gasteiger partial charge in [-0.1, -0.05) is 23.7 Å². The molecule has 0 spiro atoms. The summed E-state index contributed by atoms with van der Waals surface area (Å²) in [6, 6.07) is 11.5. The van der Waals surface area contributed by atoms with Gasteiger partial charge in [0.2, 0.25) is 5.91 Å². The Morgan fingerprint density at radius 3 is 2.61 bits per heavy atom. The zero-order chi connectivity index (χ0) is 20.3. The Morgan fingerprint density at radius 1 is 1.21 bits per heavy atom. The molecule has 0 saturated carbocycles. The number of halogens is 1. The fraction of sp³-hybridized carbons (Fsp3) is 0.158. The van der Waals surface area contributed by atoms with Crippen molar-refractivity contribution in [3.8, 4) is 0 Å². The molecule has 144 valence electrons. The predicted octanol–water partition coefficient (Wildman–Crippen LogP) is 2.82. The average Bonchev–Trinajstić information content (AvgIpc) is 2.69. The maximum Gasteiger partial charge on any atom is 0.337 e. The molecular formula is C19H16ClN3O4S. The highest BCUT2D eigenvalue weighted by atomic mass is 35.5. The number of methoxy groups -OCH3 is 1. The molecule has 0 radical (unpaired) electrons. The van der Waals surface area contributed by atoms with Gasteiger partial charge in [-0.05, 0) is 48.1 Å². The molecule has 0 unspecified atom stereocenters. The van der Waals surface area contributed by atoms with Gasteiger partial charge >= 0.3 is 5.97 Å². The highest BCUT2D eigenvalue weighted by Crippen LogP contribution is 2.12. The van der Waals surface area contributed by atoms with Crippen molar-refractivity contribution >= 4 is 46.6 Å². The van der Waals surface area contributed by atoms with Gasteiger partial charge in [-0.3, -0.25) is 14.2 Å². The van der Waals surface area contributed by atoms with Gasteiger partial charge in [-0.25, -0.2) is 4.79 Å². The van der Waals surface area contributed by atoms with E-state index in [-0.39, 0.29) is 17.2 Å². The predicted molar refractivity (Wildman–Crippen MR) is 108 cm³/mol. The van der Waals surface area contributed by atoms with Crippen LogP contribution < -0.4 is 10.9 Å². The normalized spacial score (nSPS) is 10.6. The molecule has 0 aliphatic carbocycles. The van der Waals surface area contributed by atoms with Crippen LogP contribution in [0.5, 0.6) is 0 Å². The van der Waals surface area contributed by atoms with E-state index in [0.717, 1.165) is 5.56 Å². The summed E-state index contributed by atoms with van der Waals surface area (Å²) in [7, 11) is 1.27. The maximum absolute atomic E-state index is 12.7. The number of aromatic nitrogens is 2. The number of esters is 1. The van der Waals surface area contributed by atoms with Crippen LogP contribution in [0.4, 0.5) is 0 Å². The van der Waals surface area contributed by atoms with Crippen LogP contribution in [0.1, 0.15) is 15.9 Å². The van der Waals surface area contributed by atoms with Crippen molar-refractivity contribution < 1.29 is 14.3 Å². The third kappa shape index (κ3) is 4.29. The van der Waals surface area contributed by atoms with E-state index in [1.165, 1.54) is 29.9 Å². The van der Waals surface area contributed by atoms with Crippen LogP contribution in [-0.2, 0) is 22.6 Å². The smallest absolute Gasteiger partial charge is 0.337 e. The van der Waals surface area contributed by atoms with Gasteiger partial charge in [0, 0.05) is 11.6 Å². The zero-order valence-corrected chi connectivity index (χ0v) is 16.4. The molecule has 1 aromatic heterocycles. The summed E-state index contributed by atoms with van der Waals surface area (Å²) < 4.78 is 5.93. The van der Waals surface area contributed by atoms with Crippen LogP contribution in [0.15, 0.2) is 47.3 Å². The lowest BCUT2D eigenvalue weighted by Crippen LogP contribution is -2.33. The van der Waals surface area contributed by atoms with Crippen molar-refractivity contribution in [3.63, 3.8) is 0 Å². The molecule has 0 aliphatic rings. The van der Waals surface area contributed by atoms with Gasteiger partial charge in [0.05, 0.1) is 23.6 Å². The Morgan fingerprint density at radius 2 is 1.93 bits per heavy atom. The second-order valence-electron chi connectivity index (χ2n) is 5.98. The largest absolute Gasteiger partial charge is 0.465 e. The first kappa shape index (κ1) is 19.8. The number of aromatic amines is 1. The number of carbonyl (C=O) groups excluding carboxylic acids is 2. The molecule has 0 fully saturated rings. The van der Waals surface area contributed by atoms with Crippen molar-refractivity contribution in [1.82, 2.24) is 14.9 Å². The van der Waals surface area contributed by atoms with E-state index < -0.39 is 11.5 Å². The molecule has 3 aromatic rings. The summed E-state index contributed by atoms with van der Waals surface area (Å²) in [5, 5.41) is 3.66. The average molecular weight is 418 g/mol. The SMILES string of the molecule is COC(=O)c1ccc2c(=O)n(CC(=O)NCc3ccc(Cl)cc3)c(=S)[nH]c2c1. The number of amides is 1. The first-order valence-electron chi connectivity index (χ1n) is 8.25. The minimum atomic E-state index is -0.521. The number of benzene rings is 2. The van der Waals surface area contributed by atoms with Gasteiger partial charge in [0.15, 0.2) is 4.77 Å². The topological polar surface area (TPSA) is 93.2 Å². The second-order valence-corrected chi connectivity index (χ2v) is 6.80. The Labute approximate surface area is 169 Å². The molecule has 9 heteroatoms. The van der Waals surface area contributed by atoms with E-state index in [1.807, 2.05) is 0 Å². The molecule has 2 aromatic carbocycles. The fourth-order valence-electron chi connectivity index (χ4n) is 2.65. The highest BCUT2D eigenvalue weighted by Gasteiger charge is 2.12. The third-order valence-electron chi connectivity index (χ3n) is 4.11. The Kier molecular flexibility index (Phi) is 5.91. The summed E-state index contributed by atoms with van der Waals surface area (Å²) >= 11 is 11.0. The van der Waals surface area contributed by atoms with Crippen LogP contribution >= 0.6 is 23.8 Å². The number of rotatable bonds is 5. The number of nitrogens with one attached hydrogen (secondary N) is 2.